The Morgan fingerprint density at radius 2 is 1.84 bits per heavy atom. The third-order valence-corrected chi connectivity index (χ3v) is 7.66. The standard InChI is InChI=1S/C23H31N3O4S/c1-4-26(5-2)31(28,29)21-10-11-22-19(16-21)13-15-25(22)17-23(27)24-14-12-18-6-8-20(30-3)9-7-18/h6-11,16H,4-5,12-15,17H2,1-3H3,(H,24,27). The van der Waals surface area contributed by atoms with Crippen molar-refractivity contribution in [1.29, 1.82) is 0 Å². The zero-order chi connectivity index (χ0) is 22.4. The molecule has 0 unspecified atom stereocenters. The summed E-state index contributed by atoms with van der Waals surface area (Å²) in [6.07, 6.45) is 1.48. The first-order valence-corrected chi connectivity index (χ1v) is 12.1. The molecule has 0 aliphatic carbocycles. The SMILES string of the molecule is CCN(CC)S(=O)(=O)c1ccc2c(c1)CCN2CC(=O)NCCc1ccc(OC)cc1. The van der Waals surface area contributed by atoms with Gasteiger partial charge in [-0.2, -0.15) is 4.31 Å². The molecule has 1 amide bonds. The first-order valence-electron chi connectivity index (χ1n) is 10.7. The average molecular weight is 446 g/mol. The quantitative estimate of drug-likeness (QED) is 0.608. The summed E-state index contributed by atoms with van der Waals surface area (Å²) in [5, 5.41) is 2.97. The van der Waals surface area contributed by atoms with Crippen molar-refractivity contribution >= 4 is 21.6 Å². The van der Waals surface area contributed by atoms with Crippen molar-refractivity contribution in [2.24, 2.45) is 0 Å². The lowest BCUT2D eigenvalue weighted by atomic mass is 10.1. The summed E-state index contributed by atoms with van der Waals surface area (Å²) < 4.78 is 32.1. The van der Waals surface area contributed by atoms with Gasteiger partial charge in [0.05, 0.1) is 18.6 Å². The number of nitrogens with one attached hydrogen (secondary N) is 1. The highest BCUT2D eigenvalue weighted by atomic mass is 32.2. The van der Waals surface area contributed by atoms with Crippen molar-refractivity contribution in [3.05, 3.63) is 53.6 Å². The molecule has 2 aromatic rings. The number of benzene rings is 2. The van der Waals surface area contributed by atoms with Crippen LogP contribution in [0.15, 0.2) is 47.4 Å². The van der Waals surface area contributed by atoms with Gasteiger partial charge in [-0.3, -0.25) is 4.79 Å². The van der Waals surface area contributed by atoms with Gasteiger partial charge in [0.25, 0.3) is 0 Å². The number of carbonyl (C=O) groups is 1. The maximum absolute atomic E-state index is 12.8. The number of sulfonamides is 1. The van der Waals surface area contributed by atoms with E-state index in [1.165, 1.54) is 4.31 Å². The molecule has 0 aromatic heterocycles. The molecule has 7 nitrogen and oxygen atoms in total. The maximum atomic E-state index is 12.8. The summed E-state index contributed by atoms with van der Waals surface area (Å²) in [4.78, 5) is 14.7. The van der Waals surface area contributed by atoms with Crippen molar-refractivity contribution in [3.8, 4) is 5.75 Å². The van der Waals surface area contributed by atoms with E-state index in [0.717, 1.165) is 35.4 Å². The summed E-state index contributed by atoms with van der Waals surface area (Å²) in [7, 11) is -1.84. The Balaban J connectivity index is 1.57. The van der Waals surface area contributed by atoms with Gasteiger partial charge >= 0.3 is 0 Å². The van der Waals surface area contributed by atoms with Gasteiger partial charge in [0.1, 0.15) is 5.75 Å². The van der Waals surface area contributed by atoms with Gasteiger partial charge in [-0.05, 0) is 54.3 Å². The molecule has 1 heterocycles. The fourth-order valence-corrected chi connectivity index (χ4v) is 5.36. The number of hydrogen-bond acceptors (Lipinski definition) is 5. The number of carbonyl (C=O) groups excluding carboxylic acids is 1. The highest BCUT2D eigenvalue weighted by molar-refractivity contribution is 7.89. The summed E-state index contributed by atoms with van der Waals surface area (Å²) in [5.41, 5.74) is 3.04. The lowest BCUT2D eigenvalue weighted by molar-refractivity contribution is -0.119. The first kappa shape index (κ1) is 23.1. The van der Waals surface area contributed by atoms with Crippen LogP contribution in [0.2, 0.25) is 0 Å². The zero-order valence-corrected chi connectivity index (χ0v) is 19.2. The Morgan fingerprint density at radius 1 is 1.13 bits per heavy atom. The van der Waals surface area contributed by atoms with Gasteiger partial charge < -0.3 is 15.0 Å². The van der Waals surface area contributed by atoms with Crippen molar-refractivity contribution in [2.75, 3.05) is 44.7 Å². The number of nitrogens with zero attached hydrogens (tertiary/aromatic N) is 2. The second kappa shape index (κ2) is 10.2. The Kier molecular flexibility index (Phi) is 7.56. The normalized spacial score (nSPS) is 13.4. The summed E-state index contributed by atoms with van der Waals surface area (Å²) in [6, 6.07) is 13.0. The van der Waals surface area contributed by atoms with Crippen LogP contribution in [-0.2, 0) is 27.7 Å². The molecule has 0 bridgehead atoms. The van der Waals surface area contributed by atoms with Crippen LogP contribution in [-0.4, -0.2) is 58.5 Å². The first-order chi connectivity index (χ1) is 14.9. The van der Waals surface area contributed by atoms with E-state index in [4.69, 9.17) is 4.74 Å². The molecule has 1 aliphatic rings. The highest BCUT2D eigenvalue weighted by Gasteiger charge is 2.26. The van der Waals surface area contributed by atoms with E-state index in [9.17, 15) is 13.2 Å². The molecule has 0 saturated carbocycles. The topological polar surface area (TPSA) is 79.0 Å². The van der Waals surface area contributed by atoms with Crippen LogP contribution >= 0.6 is 0 Å². The van der Waals surface area contributed by atoms with E-state index in [-0.39, 0.29) is 12.5 Å². The number of anilines is 1. The Labute approximate surface area is 185 Å². The molecule has 31 heavy (non-hydrogen) atoms. The molecule has 0 atom stereocenters. The lowest BCUT2D eigenvalue weighted by Gasteiger charge is -2.21. The van der Waals surface area contributed by atoms with Crippen LogP contribution in [0.3, 0.4) is 0 Å². The predicted octanol–water partition coefficient (Wildman–Crippen LogP) is 2.45. The minimum absolute atomic E-state index is 0.0406. The average Bonchev–Trinajstić information content (AvgIpc) is 3.17. The molecule has 0 fully saturated rings. The van der Waals surface area contributed by atoms with Crippen LogP contribution in [0.5, 0.6) is 5.75 Å². The Bertz CT molecular complexity index is 1000. The van der Waals surface area contributed by atoms with E-state index in [0.29, 0.717) is 31.1 Å². The number of hydrogen-bond donors (Lipinski definition) is 1. The van der Waals surface area contributed by atoms with Crippen molar-refractivity contribution in [2.45, 2.75) is 31.6 Å². The van der Waals surface area contributed by atoms with Gasteiger partial charge in [0, 0.05) is 31.9 Å². The largest absolute Gasteiger partial charge is 0.497 e. The molecule has 1 N–H and O–H groups in total. The van der Waals surface area contributed by atoms with Gasteiger partial charge in [-0.1, -0.05) is 26.0 Å². The second-order valence-electron chi connectivity index (χ2n) is 7.50. The van der Waals surface area contributed by atoms with Crippen LogP contribution in [0, 0.1) is 0 Å². The van der Waals surface area contributed by atoms with E-state index in [2.05, 4.69) is 5.32 Å². The molecular weight excluding hydrogens is 414 g/mol. The number of rotatable bonds is 10. The lowest BCUT2D eigenvalue weighted by Crippen LogP contribution is -2.37. The van der Waals surface area contributed by atoms with Crippen LogP contribution in [0.1, 0.15) is 25.0 Å². The van der Waals surface area contributed by atoms with Crippen LogP contribution in [0.25, 0.3) is 0 Å². The fourth-order valence-electron chi connectivity index (χ4n) is 3.85. The third kappa shape index (κ3) is 5.37. The molecule has 0 saturated heterocycles. The number of ether oxygens (including phenoxy) is 1. The third-order valence-electron chi connectivity index (χ3n) is 5.62. The smallest absolute Gasteiger partial charge is 0.243 e. The van der Waals surface area contributed by atoms with Crippen LogP contribution in [0.4, 0.5) is 5.69 Å². The van der Waals surface area contributed by atoms with E-state index >= 15 is 0 Å². The van der Waals surface area contributed by atoms with Crippen molar-refractivity contribution in [1.82, 2.24) is 9.62 Å². The maximum Gasteiger partial charge on any atom is 0.243 e. The van der Waals surface area contributed by atoms with Gasteiger partial charge in [-0.25, -0.2) is 8.42 Å². The molecule has 0 radical (unpaired) electrons. The number of amides is 1. The van der Waals surface area contributed by atoms with Crippen molar-refractivity contribution in [3.63, 3.8) is 0 Å². The van der Waals surface area contributed by atoms with Gasteiger partial charge in [0.2, 0.25) is 15.9 Å². The molecule has 1 aliphatic heterocycles. The van der Waals surface area contributed by atoms with E-state index < -0.39 is 10.0 Å². The zero-order valence-electron chi connectivity index (χ0n) is 18.4. The number of fused-ring (bicyclic) bond motifs is 1. The highest BCUT2D eigenvalue weighted by Crippen LogP contribution is 2.30. The summed E-state index contributed by atoms with van der Waals surface area (Å²) in [5.74, 6) is 0.773. The van der Waals surface area contributed by atoms with Crippen LogP contribution < -0.4 is 15.0 Å². The predicted molar refractivity (Wildman–Crippen MR) is 122 cm³/mol. The second-order valence-corrected chi connectivity index (χ2v) is 9.44. The minimum atomic E-state index is -3.48. The van der Waals surface area contributed by atoms with E-state index in [1.54, 1.807) is 19.2 Å². The molecular formula is C23H31N3O4S. The van der Waals surface area contributed by atoms with Gasteiger partial charge in [0.15, 0.2) is 0 Å². The summed E-state index contributed by atoms with van der Waals surface area (Å²) >= 11 is 0. The Hall–Kier alpha value is -2.58. The molecule has 2 aromatic carbocycles. The summed E-state index contributed by atoms with van der Waals surface area (Å²) in [6.45, 7) is 6.09. The molecule has 168 valence electrons. The number of methoxy groups -OCH3 is 1. The fraction of sp³-hybridized carbons (Fsp3) is 0.435. The van der Waals surface area contributed by atoms with Gasteiger partial charge in [-0.15, -0.1) is 0 Å². The van der Waals surface area contributed by atoms with E-state index in [1.807, 2.05) is 49.1 Å². The molecule has 0 spiro atoms. The Morgan fingerprint density at radius 3 is 2.48 bits per heavy atom. The van der Waals surface area contributed by atoms with Crippen molar-refractivity contribution < 1.29 is 17.9 Å². The molecule has 8 heteroatoms. The minimum Gasteiger partial charge on any atom is -0.497 e. The molecule has 3 rings (SSSR count). The monoisotopic (exact) mass is 445 g/mol.